The number of amides is 4. The zero-order valence-electron chi connectivity index (χ0n) is 20.8. The fourth-order valence-corrected chi connectivity index (χ4v) is 4.83. The van der Waals surface area contributed by atoms with Crippen molar-refractivity contribution in [3.63, 3.8) is 0 Å². The third kappa shape index (κ3) is 6.31. The number of carboxylic acid groups (broad SMARTS) is 1. The number of carbonyl (C=O) groups excluding carboxylic acids is 3. The molecule has 0 atom stereocenters. The van der Waals surface area contributed by atoms with Crippen LogP contribution >= 0.6 is 38.5 Å². The molecule has 9 nitrogen and oxygen atoms in total. The first kappa shape index (κ1) is 28.3. The number of nitrogens with zero attached hydrogens (tertiary/aromatic N) is 1. The molecule has 0 unspecified atom stereocenters. The fourth-order valence-electron chi connectivity index (χ4n) is 3.80. The monoisotopic (exact) mass is 704 g/mol. The second kappa shape index (κ2) is 12.0. The summed E-state index contributed by atoms with van der Waals surface area (Å²) in [5, 5.41) is 11.3. The van der Waals surface area contributed by atoms with E-state index in [1.807, 2.05) is 13.8 Å². The van der Waals surface area contributed by atoms with E-state index >= 15 is 0 Å². The van der Waals surface area contributed by atoms with E-state index in [4.69, 9.17) is 14.6 Å². The molecule has 3 aromatic carbocycles. The Morgan fingerprint density at radius 2 is 1.79 bits per heavy atom. The molecule has 1 saturated heterocycles. The van der Waals surface area contributed by atoms with Gasteiger partial charge in [0.25, 0.3) is 11.8 Å². The number of ether oxygens (including phenoxy) is 2. The molecule has 1 aliphatic rings. The Hall–Kier alpha value is -3.71. The number of rotatable bonds is 8. The zero-order valence-corrected chi connectivity index (χ0v) is 24.5. The van der Waals surface area contributed by atoms with Gasteiger partial charge in [0.15, 0.2) is 11.5 Å². The predicted octanol–water partition coefficient (Wildman–Crippen LogP) is 5.70. The van der Waals surface area contributed by atoms with E-state index in [-0.39, 0.29) is 17.7 Å². The van der Waals surface area contributed by atoms with Gasteiger partial charge in [-0.25, -0.2) is 14.5 Å². The lowest BCUT2D eigenvalue weighted by Crippen LogP contribution is -2.54. The van der Waals surface area contributed by atoms with E-state index < -0.39 is 23.8 Å². The Morgan fingerprint density at radius 1 is 1.08 bits per heavy atom. The summed E-state index contributed by atoms with van der Waals surface area (Å²) >= 11 is 5.47. The van der Waals surface area contributed by atoms with Gasteiger partial charge in [-0.3, -0.25) is 14.9 Å². The van der Waals surface area contributed by atoms with Crippen LogP contribution < -0.4 is 19.7 Å². The summed E-state index contributed by atoms with van der Waals surface area (Å²) in [6.45, 7) is 4.15. The van der Waals surface area contributed by atoms with Gasteiger partial charge in [0.2, 0.25) is 0 Å². The third-order valence-corrected chi connectivity index (χ3v) is 7.42. The summed E-state index contributed by atoms with van der Waals surface area (Å²) in [7, 11) is 0. The van der Waals surface area contributed by atoms with Crippen molar-refractivity contribution in [2.75, 3.05) is 11.5 Å². The van der Waals surface area contributed by atoms with Crippen molar-refractivity contribution in [1.29, 1.82) is 0 Å². The van der Waals surface area contributed by atoms with Crippen LogP contribution in [0.25, 0.3) is 6.08 Å². The Bertz CT molecular complexity index is 1520. The van der Waals surface area contributed by atoms with Gasteiger partial charge < -0.3 is 14.6 Å². The van der Waals surface area contributed by atoms with Crippen LogP contribution in [0.2, 0.25) is 0 Å². The van der Waals surface area contributed by atoms with E-state index in [2.05, 4.69) is 43.8 Å². The molecule has 11 heteroatoms. The Labute approximate surface area is 246 Å². The quantitative estimate of drug-likeness (QED) is 0.175. The van der Waals surface area contributed by atoms with Crippen molar-refractivity contribution < 1.29 is 33.8 Å². The Balaban J connectivity index is 1.63. The molecule has 0 saturated carbocycles. The molecule has 3 aromatic rings. The predicted molar refractivity (Wildman–Crippen MR) is 156 cm³/mol. The number of carboxylic acids is 1. The maximum atomic E-state index is 13.3. The molecular weight excluding hydrogens is 683 g/mol. The Kier molecular flexibility index (Phi) is 8.70. The second-order valence-corrected chi connectivity index (χ2v) is 10.5. The van der Waals surface area contributed by atoms with E-state index in [0.29, 0.717) is 32.9 Å². The number of barbiturate groups is 1. The van der Waals surface area contributed by atoms with Crippen molar-refractivity contribution in [2.45, 2.75) is 20.5 Å². The van der Waals surface area contributed by atoms with E-state index in [1.165, 1.54) is 18.2 Å². The maximum Gasteiger partial charge on any atom is 0.335 e. The molecule has 1 heterocycles. The van der Waals surface area contributed by atoms with Crippen LogP contribution in [0.3, 0.4) is 0 Å². The molecule has 0 aliphatic carbocycles. The summed E-state index contributed by atoms with van der Waals surface area (Å²) in [6, 6.07) is 13.9. The largest absolute Gasteiger partial charge is 0.490 e. The first-order chi connectivity index (χ1) is 18.6. The number of carbonyl (C=O) groups is 4. The van der Waals surface area contributed by atoms with Gasteiger partial charge in [-0.1, -0.05) is 28.1 Å². The standard InChI is InChI=1S/C28H22BrIN2O7/c1-3-38-23-13-17(12-22(30)24(23)39-14-16-4-6-18(7-5-16)27(35)36)11-20-25(33)31-28(37)32(26(20)34)19-8-9-21(29)15(2)10-19/h4-13H,3,14H2,1-2H3,(H,35,36)(H,31,33,37)/b20-11+. The minimum atomic E-state index is -1.01. The number of benzene rings is 3. The van der Waals surface area contributed by atoms with Crippen LogP contribution in [0.1, 0.15) is 34.0 Å². The van der Waals surface area contributed by atoms with Crippen molar-refractivity contribution in [2.24, 2.45) is 0 Å². The molecular formula is C28H22BrIN2O7. The van der Waals surface area contributed by atoms with Gasteiger partial charge in [0.05, 0.1) is 21.4 Å². The first-order valence-electron chi connectivity index (χ1n) is 11.7. The van der Waals surface area contributed by atoms with Gasteiger partial charge in [0, 0.05) is 4.47 Å². The number of hydrogen-bond donors (Lipinski definition) is 2. The molecule has 4 amide bonds. The van der Waals surface area contributed by atoms with Crippen LogP contribution in [-0.2, 0) is 16.2 Å². The highest BCUT2D eigenvalue weighted by Gasteiger charge is 2.37. The van der Waals surface area contributed by atoms with E-state index in [0.717, 1.165) is 20.5 Å². The highest BCUT2D eigenvalue weighted by molar-refractivity contribution is 14.1. The SMILES string of the molecule is CCOc1cc(/C=C2\C(=O)NC(=O)N(c3ccc(Br)c(C)c3)C2=O)cc(I)c1OCc1ccc(C(=O)O)cc1. The molecule has 0 spiro atoms. The Morgan fingerprint density at radius 3 is 2.44 bits per heavy atom. The van der Waals surface area contributed by atoms with Crippen molar-refractivity contribution in [1.82, 2.24) is 5.32 Å². The molecule has 39 heavy (non-hydrogen) atoms. The third-order valence-electron chi connectivity index (χ3n) is 5.73. The number of aryl methyl sites for hydroxylation is 1. The van der Waals surface area contributed by atoms with Crippen molar-refractivity contribution >= 4 is 74.1 Å². The zero-order chi connectivity index (χ0) is 28.3. The lowest BCUT2D eigenvalue weighted by atomic mass is 10.1. The van der Waals surface area contributed by atoms with Crippen molar-refractivity contribution in [3.05, 3.63) is 90.5 Å². The lowest BCUT2D eigenvalue weighted by molar-refractivity contribution is -0.122. The van der Waals surface area contributed by atoms with Gasteiger partial charge in [-0.15, -0.1) is 0 Å². The fraction of sp³-hybridized carbons (Fsp3) is 0.143. The number of halogens is 2. The number of nitrogens with one attached hydrogen (secondary N) is 1. The van der Waals surface area contributed by atoms with Crippen LogP contribution in [0.15, 0.2) is 64.6 Å². The number of imide groups is 2. The minimum absolute atomic E-state index is 0.168. The summed E-state index contributed by atoms with van der Waals surface area (Å²) in [4.78, 5) is 50.5. The van der Waals surface area contributed by atoms with Crippen LogP contribution in [0.4, 0.5) is 10.5 Å². The van der Waals surface area contributed by atoms with Gasteiger partial charge in [-0.2, -0.15) is 0 Å². The van der Waals surface area contributed by atoms with E-state index in [9.17, 15) is 19.2 Å². The summed E-state index contributed by atoms with van der Waals surface area (Å²) in [5.74, 6) is -1.69. The average Bonchev–Trinajstić information content (AvgIpc) is 2.88. The molecule has 0 aromatic heterocycles. The number of anilines is 1. The van der Waals surface area contributed by atoms with Crippen LogP contribution in [-0.4, -0.2) is 35.5 Å². The summed E-state index contributed by atoms with van der Waals surface area (Å²) in [5.41, 5.74) is 2.39. The van der Waals surface area contributed by atoms with Crippen LogP contribution in [0, 0.1) is 10.5 Å². The minimum Gasteiger partial charge on any atom is -0.490 e. The molecule has 1 aliphatic heterocycles. The van der Waals surface area contributed by atoms with Gasteiger partial charge >= 0.3 is 12.0 Å². The van der Waals surface area contributed by atoms with Gasteiger partial charge in [-0.05, 0) is 102 Å². The van der Waals surface area contributed by atoms with Crippen LogP contribution in [0.5, 0.6) is 11.5 Å². The van der Waals surface area contributed by atoms with E-state index in [1.54, 1.807) is 42.5 Å². The summed E-state index contributed by atoms with van der Waals surface area (Å²) in [6.07, 6.45) is 1.40. The lowest BCUT2D eigenvalue weighted by Gasteiger charge is -2.26. The summed E-state index contributed by atoms with van der Waals surface area (Å²) < 4.78 is 13.3. The topological polar surface area (TPSA) is 122 Å². The van der Waals surface area contributed by atoms with Gasteiger partial charge in [0.1, 0.15) is 12.2 Å². The highest BCUT2D eigenvalue weighted by atomic mass is 127. The molecule has 0 radical (unpaired) electrons. The molecule has 4 rings (SSSR count). The highest BCUT2D eigenvalue weighted by Crippen LogP contribution is 2.36. The second-order valence-electron chi connectivity index (χ2n) is 8.45. The normalized spacial score (nSPS) is 14.4. The number of hydrogen-bond acceptors (Lipinski definition) is 6. The first-order valence-corrected chi connectivity index (χ1v) is 13.5. The average molecular weight is 705 g/mol. The number of urea groups is 1. The number of aromatic carboxylic acids is 1. The molecule has 1 fully saturated rings. The van der Waals surface area contributed by atoms with Crippen molar-refractivity contribution in [3.8, 4) is 11.5 Å². The molecule has 200 valence electrons. The smallest absolute Gasteiger partial charge is 0.335 e. The molecule has 2 N–H and O–H groups in total. The maximum absolute atomic E-state index is 13.3. The molecule has 0 bridgehead atoms.